The van der Waals surface area contributed by atoms with Crippen molar-refractivity contribution in [2.24, 2.45) is 4.99 Å². The summed E-state index contributed by atoms with van der Waals surface area (Å²) in [4.78, 5) is 29.9. The number of amidine groups is 1. The van der Waals surface area contributed by atoms with Crippen LogP contribution < -0.4 is 5.11 Å². The van der Waals surface area contributed by atoms with Crippen LogP contribution >= 0.6 is 11.8 Å². The van der Waals surface area contributed by atoms with Gasteiger partial charge in [-0.05, 0) is 41.6 Å². The van der Waals surface area contributed by atoms with Crippen molar-refractivity contribution in [3.8, 4) is 11.3 Å². The van der Waals surface area contributed by atoms with Gasteiger partial charge in [-0.3, -0.25) is 9.69 Å². The topological polar surface area (TPSA) is 85.9 Å². The van der Waals surface area contributed by atoms with Gasteiger partial charge in [0.05, 0.1) is 16.6 Å². The van der Waals surface area contributed by atoms with Crippen LogP contribution in [0.25, 0.3) is 17.4 Å². The number of hydrogen-bond acceptors (Lipinski definition) is 6. The molecule has 6 nitrogen and oxygen atoms in total. The summed E-state index contributed by atoms with van der Waals surface area (Å²) in [5, 5.41) is 11.4. The highest BCUT2D eigenvalue weighted by Crippen LogP contribution is 2.34. The summed E-state index contributed by atoms with van der Waals surface area (Å²) in [5.74, 6) is -0.283. The van der Waals surface area contributed by atoms with Crippen molar-refractivity contribution in [3.63, 3.8) is 0 Å². The predicted molar refractivity (Wildman–Crippen MR) is 110 cm³/mol. The van der Waals surface area contributed by atoms with Crippen molar-refractivity contribution in [3.05, 3.63) is 83.0 Å². The molecule has 0 spiro atoms. The van der Waals surface area contributed by atoms with Crippen LogP contribution in [0.3, 0.4) is 0 Å². The Morgan fingerprint density at radius 3 is 2.48 bits per heavy atom. The second-order valence-electron chi connectivity index (χ2n) is 6.27. The molecule has 0 bridgehead atoms. The monoisotopic (exact) mass is 403 g/mol. The molecule has 1 saturated heterocycles. The maximum atomic E-state index is 12.5. The van der Waals surface area contributed by atoms with Gasteiger partial charge in [0.15, 0.2) is 5.17 Å². The van der Waals surface area contributed by atoms with E-state index in [9.17, 15) is 14.7 Å². The van der Waals surface area contributed by atoms with Gasteiger partial charge in [-0.25, -0.2) is 4.99 Å². The van der Waals surface area contributed by atoms with E-state index in [1.54, 1.807) is 37.4 Å². The largest absolute Gasteiger partial charge is 0.545 e. The molecule has 29 heavy (non-hydrogen) atoms. The number of carboxylic acids is 1. The van der Waals surface area contributed by atoms with Crippen molar-refractivity contribution in [2.45, 2.75) is 0 Å². The smallest absolute Gasteiger partial charge is 0.266 e. The van der Waals surface area contributed by atoms with Crippen molar-refractivity contribution >= 4 is 40.6 Å². The van der Waals surface area contributed by atoms with Crippen LogP contribution in [0.2, 0.25) is 0 Å². The Labute approximate surface area is 171 Å². The maximum absolute atomic E-state index is 12.5. The normalized spacial score (nSPS) is 16.7. The van der Waals surface area contributed by atoms with Gasteiger partial charge in [0.2, 0.25) is 0 Å². The van der Waals surface area contributed by atoms with Crippen LogP contribution in [0, 0.1) is 0 Å². The van der Waals surface area contributed by atoms with Gasteiger partial charge in [-0.15, -0.1) is 0 Å². The summed E-state index contributed by atoms with van der Waals surface area (Å²) in [6.45, 7) is 0. The van der Waals surface area contributed by atoms with Crippen LogP contribution in [0.15, 0.2) is 81.0 Å². The highest BCUT2D eigenvalue weighted by Gasteiger charge is 2.30. The number of aliphatic imine (C=N–C) groups is 1. The number of benzene rings is 2. The molecule has 4 rings (SSSR count). The van der Waals surface area contributed by atoms with E-state index in [1.807, 2.05) is 30.3 Å². The Hall–Kier alpha value is -3.58. The van der Waals surface area contributed by atoms with E-state index in [0.717, 1.165) is 11.3 Å². The molecule has 0 N–H and O–H groups in total. The van der Waals surface area contributed by atoms with E-state index in [4.69, 9.17) is 4.42 Å². The Morgan fingerprint density at radius 2 is 1.79 bits per heavy atom. The SMILES string of the molecule is CN1C(=O)/C(=C\c2ccc(-c3ccc(C(=O)[O-])cc3)o2)SC1=Nc1ccccc1. The number of carbonyl (C=O) groups excluding carboxylic acids is 2. The first kappa shape index (κ1) is 18.8. The molecule has 3 aromatic rings. The van der Waals surface area contributed by atoms with Gasteiger partial charge < -0.3 is 14.3 Å². The molecule has 7 heteroatoms. The van der Waals surface area contributed by atoms with E-state index in [0.29, 0.717) is 21.6 Å². The molecule has 0 unspecified atom stereocenters. The Balaban J connectivity index is 1.56. The molecule has 1 fully saturated rings. The molecule has 0 radical (unpaired) electrons. The van der Waals surface area contributed by atoms with Gasteiger partial charge in [0.1, 0.15) is 11.5 Å². The molecule has 2 aromatic carbocycles. The minimum absolute atomic E-state index is 0.101. The number of nitrogens with zero attached hydrogens (tertiary/aromatic N) is 2. The standard InChI is InChI=1S/C22H16N2O4S/c1-24-20(25)19(29-22(24)23-16-5-3-2-4-6-16)13-17-11-12-18(28-17)14-7-9-15(10-8-14)21(26)27/h2-13H,1H3,(H,26,27)/p-1/b19-13+,23-22?. The lowest BCUT2D eigenvalue weighted by molar-refractivity contribution is -0.255. The fourth-order valence-electron chi connectivity index (χ4n) is 2.75. The first-order valence-corrected chi connectivity index (χ1v) is 9.56. The zero-order valence-electron chi connectivity index (χ0n) is 15.4. The van der Waals surface area contributed by atoms with Crippen LogP contribution in [-0.2, 0) is 4.79 Å². The lowest BCUT2D eigenvalue weighted by atomic mass is 10.1. The molecule has 1 amide bonds. The molecule has 0 atom stereocenters. The Morgan fingerprint density at radius 1 is 1.07 bits per heavy atom. The highest BCUT2D eigenvalue weighted by atomic mass is 32.2. The van der Waals surface area contributed by atoms with Gasteiger partial charge in [0.25, 0.3) is 5.91 Å². The summed E-state index contributed by atoms with van der Waals surface area (Å²) < 4.78 is 5.81. The number of aromatic carboxylic acids is 1. The number of carbonyl (C=O) groups is 2. The number of thioether (sulfide) groups is 1. The maximum Gasteiger partial charge on any atom is 0.266 e. The molecule has 1 aliphatic rings. The van der Waals surface area contributed by atoms with Crippen molar-refractivity contribution in [1.29, 1.82) is 0 Å². The third-order valence-corrected chi connectivity index (χ3v) is 5.35. The van der Waals surface area contributed by atoms with E-state index < -0.39 is 5.97 Å². The van der Waals surface area contributed by atoms with E-state index in [2.05, 4.69) is 4.99 Å². The first-order valence-electron chi connectivity index (χ1n) is 8.74. The quantitative estimate of drug-likeness (QED) is 0.622. The number of hydrogen-bond donors (Lipinski definition) is 0. The Kier molecular flexibility index (Phi) is 5.05. The predicted octanol–water partition coefficient (Wildman–Crippen LogP) is 3.54. The van der Waals surface area contributed by atoms with E-state index >= 15 is 0 Å². The summed E-state index contributed by atoms with van der Waals surface area (Å²) in [6.07, 6.45) is 1.68. The minimum atomic E-state index is -1.23. The lowest BCUT2D eigenvalue weighted by Crippen LogP contribution is -2.23. The van der Waals surface area contributed by atoms with E-state index in [-0.39, 0.29) is 11.5 Å². The summed E-state index contributed by atoms with van der Waals surface area (Å²) in [7, 11) is 1.68. The van der Waals surface area contributed by atoms with Gasteiger partial charge >= 0.3 is 0 Å². The second-order valence-corrected chi connectivity index (χ2v) is 7.28. The number of likely N-dealkylation sites (N-methyl/N-ethyl adjacent to an activating group) is 1. The fraction of sp³-hybridized carbons (Fsp3) is 0.0455. The van der Waals surface area contributed by atoms with Crippen LogP contribution in [0.1, 0.15) is 16.1 Å². The molecular weight excluding hydrogens is 388 g/mol. The lowest BCUT2D eigenvalue weighted by Gasteiger charge is -2.06. The molecule has 1 aliphatic heterocycles. The second kappa shape index (κ2) is 7.81. The number of para-hydroxylation sites is 1. The summed E-state index contributed by atoms with van der Waals surface area (Å²) in [6, 6.07) is 19.2. The fourth-order valence-corrected chi connectivity index (χ4v) is 3.72. The molecule has 1 aromatic heterocycles. The molecule has 0 aliphatic carbocycles. The molecule has 144 valence electrons. The number of furan rings is 1. The van der Waals surface area contributed by atoms with Crippen LogP contribution in [0.4, 0.5) is 5.69 Å². The summed E-state index contributed by atoms with van der Waals surface area (Å²) in [5.41, 5.74) is 1.61. The zero-order chi connectivity index (χ0) is 20.4. The minimum Gasteiger partial charge on any atom is -0.545 e. The average Bonchev–Trinajstić information content (AvgIpc) is 3.30. The van der Waals surface area contributed by atoms with Gasteiger partial charge in [-0.1, -0.05) is 42.5 Å². The molecule has 2 heterocycles. The zero-order valence-corrected chi connectivity index (χ0v) is 16.2. The number of amides is 1. The third kappa shape index (κ3) is 4.00. The van der Waals surface area contributed by atoms with Crippen molar-refractivity contribution in [2.75, 3.05) is 7.05 Å². The first-order chi connectivity index (χ1) is 14.0. The van der Waals surface area contributed by atoms with Crippen molar-refractivity contribution in [1.82, 2.24) is 4.90 Å². The summed E-state index contributed by atoms with van der Waals surface area (Å²) >= 11 is 1.28. The van der Waals surface area contributed by atoms with E-state index in [1.165, 1.54) is 28.8 Å². The Bertz CT molecular complexity index is 1130. The molecular formula is C22H15N2O4S-. The van der Waals surface area contributed by atoms with Gasteiger partial charge in [0, 0.05) is 18.7 Å². The van der Waals surface area contributed by atoms with Crippen molar-refractivity contribution < 1.29 is 19.1 Å². The number of rotatable bonds is 4. The number of carboxylic acid groups (broad SMARTS) is 1. The molecule has 0 saturated carbocycles. The van der Waals surface area contributed by atoms with Crippen LogP contribution in [0.5, 0.6) is 0 Å². The average molecular weight is 403 g/mol. The van der Waals surface area contributed by atoms with Gasteiger partial charge in [-0.2, -0.15) is 0 Å². The highest BCUT2D eigenvalue weighted by molar-refractivity contribution is 8.18. The third-order valence-electron chi connectivity index (χ3n) is 4.29. The van der Waals surface area contributed by atoms with Crippen LogP contribution in [-0.4, -0.2) is 29.0 Å².